The van der Waals surface area contributed by atoms with E-state index in [-0.39, 0.29) is 12.1 Å². The van der Waals surface area contributed by atoms with Crippen molar-refractivity contribution in [1.29, 1.82) is 0 Å². The molecule has 3 nitrogen and oxygen atoms in total. The van der Waals surface area contributed by atoms with Gasteiger partial charge in [-0.25, -0.2) is 0 Å². The maximum atomic E-state index is 5.90. The van der Waals surface area contributed by atoms with Crippen molar-refractivity contribution in [3.05, 3.63) is 24.2 Å². The van der Waals surface area contributed by atoms with E-state index in [0.29, 0.717) is 5.92 Å². The number of furan rings is 1. The van der Waals surface area contributed by atoms with Gasteiger partial charge in [-0.3, -0.25) is 0 Å². The van der Waals surface area contributed by atoms with Gasteiger partial charge >= 0.3 is 0 Å². The Morgan fingerprint density at radius 2 is 2.00 bits per heavy atom. The van der Waals surface area contributed by atoms with Crippen molar-refractivity contribution in [3.8, 4) is 0 Å². The molecule has 0 radical (unpaired) electrons. The minimum atomic E-state index is -0.122. The van der Waals surface area contributed by atoms with Crippen LogP contribution in [0.15, 0.2) is 23.0 Å². The Bertz CT molecular complexity index is 218. The summed E-state index contributed by atoms with van der Waals surface area (Å²) in [6, 6.07) is 1.72. The Kier molecular flexibility index (Phi) is 2.89. The molecule has 1 aromatic heterocycles. The van der Waals surface area contributed by atoms with Crippen LogP contribution in [0.1, 0.15) is 25.5 Å². The third-order valence-corrected chi connectivity index (χ3v) is 2.11. The Morgan fingerprint density at radius 3 is 2.42 bits per heavy atom. The quantitative estimate of drug-likeness (QED) is 0.714. The van der Waals surface area contributed by atoms with Crippen LogP contribution in [0.5, 0.6) is 0 Å². The fraction of sp³-hybridized carbons (Fsp3) is 0.556. The van der Waals surface area contributed by atoms with Crippen LogP contribution in [0, 0.1) is 5.92 Å². The van der Waals surface area contributed by atoms with E-state index in [0.717, 1.165) is 5.56 Å². The van der Waals surface area contributed by atoms with E-state index in [1.165, 1.54) is 0 Å². The van der Waals surface area contributed by atoms with Crippen LogP contribution in [0.4, 0.5) is 0 Å². The van der Waals surface area contributed by atoms with Crippen LogP contribution in [-0.4, -0.2) is 6.04 Å². The van der Waals surface area contributed by atoms with Gasteiger partial charge in [0.05, 0.1) is 12.5 Å². The largest absolute Gasteiger partial charge is 0.472 e. The van der Waals surface area contributed by atoms with Gasteiger partial charge in [0.2, 0.25) is 0 Å². The third-order valence-electron chi connectivity index (χ3n) is 2.11. The minimum Gasteiger partial charge on any atom is -0.472 e. The SMILES string of the molecule is CC(C)C(N)C(N)c1ccoc1. The molecular weight excluding hydrogens is 152 g/mol. The summed E-state index contributed by atoms with van der Waals surface area (Å²) in [5.74, 6) is 0.384. The van der Waals surface area contributed by atoms with Gasteiger partial charge in [-0.2, -0.15) is 0 Å². The molecule has 1 aromatic rings. The lowest BCUT2D eigenvalue weighted by Crippen LogP contribution is -2.38. The average molecular weight is 168 g/mol. The lowest BCUT2D eigenvalue weighted by molar-refractivity contribution is 0.420. The zero-order valence-corrected chi connectivity index (χ0v) is 7.53. The lowest BCUT2D eigenvalue weighted by Gasteiger charge is -2.21. The van der Waals surface area contributed by atoms with Crippen molar-refractivity contribution in [1.82, 2.24) is 0 Å². The van der Waals surface area contributed by atoms with Crippen LogP contribution in [-0.2, 0) is 0 Å². The zero-order chi connectivity index (χ0) is 9.14. The van der Waals surface area contributed by atoms with Crippen LogP contribution in [0.3, 0.4) is 0 Å². The first-order valence-electron chi connectivity index (χ1n) is 4.16. The Morgan fingerprint density at radius 1 is 1.33 bits per heavy atom. The normalized spacial score (nSPS) is 16.4. The molecule has 12 heavy (non-hydrogen) atoms. The summed E-state index contributed by atoms with van der Waals surface area (Å²) < 4.78 is 4.93. The maximum absolute atomic E-state index is 5.90. The van der Waals surface area contributed by atoms with Crippen LogP contribution in [0.2, 0.25) is 0 Å². The van der Waals surface area contributed by atoms with Crippen molar-refractivity contribution in [2.45, 2.75) is 25.9 Å². The van der Waals surface area contributed by atoms with E-state index < -0.39 is 0 Å². The maximum Gasteiger partial charge on any atom is 0.0950 e. The van der Waals surface area contributed by atoms with Crippen molar-refractivity contribution in [2.24, 2.45) is 17.4 Å². The number of hydrogen-bond donors (Lipinski definition) is 2. The molecule has 2 atom stereocenters. The number of rotatable bonds is 3. The van der Waals surface area contributed by atoms with Gasteiger partial charge in [-0.15, -0.1) is 0 Å². The van der Waals surface area contributed by atoms with Gasteiger partial charge < -0.3 is 15.9 Å². The van der Waals surface area contributed by atoms with E-state index in [9.17, 15) is 0 Å². The van der Waals surface area contributed by atoms with Crippen molar-refractivity contribution in [2.75, 3.05) is 0 Å². The molecule has 2 unspecified atom stereocenters. The monoisotopic (exact) mass is 168 g/mol. The molecule has 0 amide bonds. The molecule has 0 saturated heterocycles. The first kappa shape index (κ1) is 9.29. The van der Waals surface area contributed by atoms with E-state index in [1.807, 2.05) is 6.07 Å². The summed E-state index contributed by atoms with van der Waals surface area (Å²) in [5, 5.41) is 0. The number of hydrogen-bond acceptors (Lipinski definition) is 3. The summed E-state index contributed by atoms with van der Waals surface area (Å²) in [5.41, 5.74) is 12.8. The highest BCUT2D eigenvalue weighted by molar-refractivity contribution is 5.13. The van der Waals surface area contributed by atoms with Crippen LogP contribution < -0.4 is 11.5 Å². The topological polar surface area (TPSA) is 65.2 Å². The zero-order valence-electron chi connectivity index (χ0n) is 7.53. The molecule has 4 N–H and O–H groups in total. The van der Waals surface area contributed by atoms with Crippen LogP contribution >= 0.6 is 0 Å². The van der Waals surface area contributed by atoms with Gasteiger partial charge in [-0.1, -0.05) is 13.8 Å². The third kappa shape index (κ3) is 1.87. The van der Waals surface area contributed by atoms with Crippen LogP contribution in [0.25, 0.3) is 0 Å². The Labute approximate surface area is 72.7 Å². The first-order chi connectivity index (χ1) is 5.63. The molecule has 68 valence electrons. The second kappa shape index (κ2) is 3.74. The second-order valence-electron chi connectivity index (χ2n) is 3.40. The van der Waals surface area contributed by atoms with Gasteiger partial charge in [0.25, 0.3) is 0 Å². The second-order valence-corrected chi connectivity index (χ2v) is 3.40. The van der Waals surface area contributed by atoms with E-state index >= 15 is 0 Å². The first-order valence-corrected chi connectivity index (χ1v) is 4.16. The fourth-order valence-electron chi connectivity index (χ4n) is 1.10. The highest BCUT2D eigenvalue weighted by Crippen LogP contribution is 2.17. The van der Waals surface area contributed by atoms with Gasteiger partial charge in [-0.05, 0) is 12.0 Å². The molecule has 3 heteroatoms. The van der Waals surface area contributed by atoms with Crippen molar-refractivity contribution in [3.63, 3.8) is 0 Å². The highest BCUT2D eigenvalue weighted by atomic mass is 16.3. The predicted molar refractivity (Wildman–Crippen MR) is 48.4 cm³/mol. The molecule has 1 rings (SSSR count). The summed E-state index contributed by atoms with van der Waals surface area (Å²) in [6.07, 6.45) is 3.26. The standard InChI is InChI=1S/C9H16N2O/c1-6(2)8(10)9(11)7-3-4-12-5-7/h3-6,8-9H,10-11H2,1-2H3. The van der Waals surface area contributed by atoms with Gasteiger partial charge in [0.1, 0.15) is 0 Å². The molecule has 0 fully saturated rings. The molecule has 1 heterocycles. The molecule has 0 saturated carbocycles. The average Bonchev–Trinajstić information content (AvgIpc) is 2.53. The fourth-order valence-corrected chi connectivity index (χ4v) is 1.10. The van der Waals surface area contributed by atoms with Gasteiger partial charge in [0, 0.05) is 17.6 Å². The summed E-state index contributed by atoms with van der Waals surface area (Å²) in [7, 11) is 0. The van der Waals surface area contributed by atoms with E-state index in [2.05, 4.69) is 13.8 Å². The molecule has 0 spiro atoms. The highest BCUT2D eigenvalue weighted by Gasteiger charge is 2.18. The van der Waals surface area contributed by atoms with Crippen molar-refractivity contribution >= 4 is 0 Å². The van der Waals surface area contributed by atoms with E-state index in [4.69, 9.17) is 15.9 Å². The molecule has 0 bridgehead atoms. The summed E-state index contributed by atoms with van der Waals surface area (Å²) >= 11 is 0. The molecular formula is C9H16N2O. The molecule has 0 aliphatic heterocycles. The predicted octanol–water partition coefficient (Wildman–Crippen LogP) is 1.26. The molecule has 0 aliphatic rings. The summed E-state index contributed by atoms with van der Waals surface area (Å²) in [6.45, 7) is 4.12. The lowest BCUT2D eigenvalue weighted by atomic mass is 9.94. The Hall–Kier alpha value is -0.800. The minimum absolute atomic E-state index is 0.0115. The van der Waals surface area contributed by atoms with Crippen molar-refractivity contribution < 1.29 is 4.42 Å². The summed E-state index contributed by atoms with van der Waals surface area (Å²) in [4.78, 5) is 0. The van der Waals surface area contributed by atoms with Gasteiger partial charge in [0.15, 0.2) is 0 Å². The van der Waals surface area contributed by atoms with E-state index in [1.54, 1.807) is 12.5 Å². The molecule has 0 aliphatic carbocycles. The Balaban J connectivity index is 2.65. The smallest absolute Gasteiger partial charge is 0.0950 e. The molecule has 0 aromatic carbocycles. The number of nitrogens with two attached hydrogens (primary N) is 2.